The van der Waals surface area contributed by atoms with Crippen molar-refractivity contribution in [2.24, 2.45) is 5.73 Å². The van der Waals surface area contributed by atoms with E-state index in [1.54, 1.807) is 18.3 Å². The number of nitrogens with two attached hydrogens (primary N) is 1. The second-order valence-corrected chi connectivity index (χ2v) is 6.96. The summed E-state index contributed by atoms with van der Waals surface area (Å²) < 4.78 is 23.5. The van der Waals surface area contributed by atoms with Gasteiger partial charge in [0, 0.05) is 0 Å². The second kappa shape index (κ2) is 5.63. The normalized spacial score (nSPS) is 14.0. The molecule has 0 aliphatic carbocycles. The molecule has 0 bridgehead atoms. The van der Waals surface area contributed by atoms with E-state index in [9.17, 15) is 8.42 Å². The van der Waals surface area contributed by atoms with Gasteiger partial charge in [-0.3, -0.25) is 0 Å². The fraction of sp³-hybridized carbons (Fsp3) is 0.600. The number of thiophene rings is 1. The van der Waals surface area contributed by atoms with Crippen molar-refractivity contribution >= 4 is 21.2 Å². The summed E-state index contributed by atoms with van der Waals surface area (Å²) in [7, 11) is -2.97. The third-order valence-corrected chi connectivity index (χ3v) is 5.41. The highest BCUT2D eigenvalue weighted by Crippen LogP contribution is 2.11. The van der Waals surface area contributed by atoms with Crippen LogP contribution in [0.15, 0.2) is 16.8 Å². The predicted octanol–water partition coefficient (Wildman–Crippen LogP) is 1.44. The van der Waals surface area contributed by atoms with Gasteiger partial charge >= 0.3 is 0 Å². The minimum atomic E-state index is -2.97. The fourth-order valence-electron chi connectivity index (χ4n) is 1.31. The Balaban J connectivity index is 2.50. The van der Waals surface area contributed by atoms with E-state index in [0.717, 1.165) is 5.56 Å². The zero-order chi connectivity index (χ0) is 11.3. The van der Waals surface area contributed by atoms with Crippen molar-refractivity contribution < 1.29 is 8.42 Å². The second-order valence-electron chi connectivity index (χ2n) is 3.64. The standard InChI is InChI=1S/C10H17NO2S2/c1-9(2-5-11)15(12,13)7-4-10-3-6-14-8-10/h3,6,8-9H,2,4-5,7,11H2,1H3. The van der Waals surface area contributed by atoms with E-state index < -0.39 is 9.84 Å². The average Bonchev–Trinajstić information content (AvgIpc) is 2.68. The predicted molar refractivity (Wildman–Crippen MR) is 64.9 cm³/mol. The van der Waals surface area contributed by atoms with Gasteiger partial charge in [0.25, 0.3) is 0 Å². The van der Waals surface area contributed by atoms with Crippen molar-refractivity contribution in [1.82, 2.24) is 0 Å². The molecule has 1 unspecified atom stereocenters. The maximum absolute atomic E-state index is 11.8. The highest BCUT2D eigenvalue weighted by atomic mass is 32.2. The third-order valence-electron chi connectivity index (χ3n) is 2.44. The number of hydrogen-bond acceptors (Lipinski definition) is 4. The molecular formula is C10H17NO2S2. The van der Waals surface area contributed by atoms with Crippen molar-refractivity contribution in [1.29, 1.82) is 0 Å². The van der Waals surface area contributed by atoms with Crippen LogP contribution in [0.2, 0.25) is 0 Å². The van der Waals surface area contributed by atoms with Crippen molar-refractivity contribution in [3.63, 3.8) is 0 Å². The average molecular weight is 247 g/mol. The van der Waals surface area contributed by atoms with Gasteiger partial charge in [-0.15, -0.1) is 0 Å². The minimum Gasteiger partial charge on any atom is -0.330 e. The summed E-state index contributed by atoms with van der Waals surface area (Å²) in [6.07, 6.45) is 1.16. The molecule has 0 aliphatic heterocycles. The Morgan fingerprint density at radius 3 is 2.80 bits per heavy atom. The third kappa shape index (κ3) is 3.93. The lowest BCUT2D eigenvalue weighted by Gasteiger charge is -2.10. The van der Waals surface area contributed by atoms with Crippen LogP contribution in [-0.2, 0) is 16.3 Å². The molecule has 15 heavy (non-hydrogen) atoms. The van der Waals surface area contributed by atoms with E-state index in [2.05, 4.69) is 0 Å². The van der Waals surface area contributed by atoms with Crippen LogP contribution in [0.25, 0.3) is 0 Å². The molecule has 0 fully saturated rings. The maximum atomic E-state index is 11.8. The van der Waals surface area contributed by atoms with Gasteiger partial charge in [-0.25, -0.2) is 8.42 Å². The lowest BCUT2D eigenvalue weighted by molar-refractivity contribution is 0.577. The molecule has 1 atom stereocenters. The molecule has 0 saturated carbocycles. The molecule has 1 rings (SSSR count). The number of rotatable bonds is 6. The lowest BCUT2D eigenvalue weighted by Crippen LogP contribution is -2.24. The van der Waals surface area contributed by atoms with Gasteiger partial charge in [0.15, 0.2) is 9.84 Å². The Morgan fingerprint density at radius 2 is 2.27 bits per heavy atom. The molecule has 0 aliphatic rings. The van der Waals surface area contributed by atoms with Crippen LogP contribution in [0, 0.1) is 0 Å². The molecule has 1 aromatic heterocycles. The first-order valence-corrected chi connectivity index (χ1v) is 7.65. The summed E-state index contributed by atoms with van der Waals surface area (Å²) in [4.78, 5) is 0. The summed E-state index contributed by atoms with van der Waals surface area (Å²) in [5.74, 6) is 0.227. The van der Waals surface area contributed by atoms with Crippen LogP contribution < -0.4 is 5.73 Å². The first-order chi connectivity index (χ1) is 7.06. The lowest BCUT2D eigenvalue weighted by atomic mass is 10.3. The summed E-state index contributed by atoms with van der Waals surface area (Å²) >= 11 is 1.59. The van der Waals surface area contributed by atoms with E-state index >= 15 is 0 Å². The first kappa shape index (κ1) is 12.7. The van der Waals surface area contributed by atoms with Crippen LogP contribution in [-0.4, -0.2) is 26.0 Å². The zero-order valence-electron chi connectivity index (χ0n) is 8.85. The topological polar surface area (TPSA) is 60.2 Å². The van der Waals surface area contributed by atoms with Gasteiger partial charge < -0.3 is 5.73 Å². The summed E-state index contributed by atoms with van der Waals surface area (Å²) in [5.41, 5.74) is 6.45. The Morgan fingerprint density at radius 1 is 1.53 bits per heavy atom. The van der Waals surface area contributed by atoms with Crippen LogP contribution in [0.5, 0.6) is 0 Å². The van der Waals surface area contributed by atoms with Gasteiger partial charge in [-0.2, -0.15) is 11.3 Å². The molecule has 0 spiro atoms. The highest BCUT2D eigenvalue weighted by Gasteiger charge is 2.19. The smallest absolute Gasteiger partial charge is 0.153 e. The molecule has 2 N–H and O–H groups in total. The monoisotopic (exact) mass is 247 g/mol. The SMILES string of the molecule is CC(CCN)S(=O)(=O)CCc1ccsc1. The van der Waals surface area contributed by atoms with Gasteiger partial charge in [0.1, 0.15) is 0 Å². The number of hydrogen-bond donors (Lipinski definition) is 1. The van der Waals surface area contributed by atoms with Gasteiger partial charge in [-0.1, -0.05) is 0 Å². The van der Waals surface area contributed by atoms with Crippen molar-refractivity contribution in [3.8, 4) is 0 Å². The highest BCUT2D eigenvalue weighted by molar-refractivity contribution is 7.92. The van der Waals surface area contributed by atoms with Crippen LogP contribution in [0.3, 0.4) is 0 Å². The molecule has 0 radical (unpaired) electrons. The van der Waals surface area contributed by atoms with Crippen molar-refractivity contribution in [3.05, 3.63) is 22.4 Å². The van der Waals surface area contributed by atoms with E-state index in [0.29, 0.717) is 19.4 Å². The van der Waals surface area contributed by atoms with Gasteiger partial charge in [0.05, 0.1) is 11.0 Å². The molecule has 0 amide bonds. The molecule has 0 aromatic carbocycles. The maximum Gasteiger partial charge on any atom is 0.153 e. The molecule has 1 aromatic rings. The van der Waals surface area contributed by atoms with E-state index in [4.69, 9.17) is 5.73 Å². The molecule has 1 heterocycles. The first-order valence-electron chi connectivity index (χ1n) is 4.99. The number of sulfone groups is 1. The largest absolute Gasteiger partial charge is 0.330 e. The Hall–Kier alpha value is -0.390. The van der Waals surface area contributed by atoms with Gasteiger partial charge in [0.2, 0.25) is 0 Å². The van der Waals surface area contributed by atoms with Crippen LogP contribution in [0.1, 0.15) is 18.9 Å². The van der Waals surface area contributed by atoms with Crippen molar-refractivity contribution in [2.75, 3.05) is 12.3 Å². The molecule has 5 heteroatoms. The van der Waals surface area contributed by atoms with E-state index in [1.807, 2.05) is 16.8 Å². The summed E-state index contributed by atoms with van der Waals surface area (Å²) in [6, 6.07) is 1.97. The Bertz CT molecular complexity index is 370. The molecule has 3 nitrogen and oxygen atoms in total. The minimum absolute atomic E-state index is 0.227. The van der Waals surface area contributed by atoms with Gasteiger partial charge in [-0.05, 0) is 48.7 Å². The molecule has 0 saturated heterocycles. The summed E-state index contributed by atoms with van der Waals surface area (Å²) in [6.45, 7) is 2.16. The molecular weight excluding hydrogens is 230 g/mol. The van der Waals surface area contributed by atoms with E-state index in [-0.39, 0.29) is 11.0 Å². The van der Waals surface area contributed by atoms with E-state index in [1.165, 1.54) is 0 Å². The van der Waals surface area contributed by atoms with Crippen LogP contribution in [0.4, 0.5) is 0 Å². The zero-order valence-corrected chi connectivity index (χ0v) is 10.5. The van der Waals surface area contributed by atoms with Crippen LogP contribution >= 0.6 is 11.3 Å². The summed E-state index contributed by atoms with van der Waals surface area (Å²) in [5, 5.41) is 3.63. The number of aryl methyl sites for hydroxylation is 1. The molecule has 86 valence electrons. The van der Waals surface area contributed by atoms with Crippen molar-refractivity contribution in [2.45, 2.75) is 25.0 Å². The fourth-order valence-corrected chi connectivity index (χ4v) is 3.43. The Labute approximate surface area is 95.2 Å². The quantitative estimate of drug-likeness (QED) is 0.827. The Kier molecular flexibility index (Phi) is 4.76.